The largest absolute Gasteiger partial charge is 0.495 e. The van der Waals surface area contributed by atoms with E-state index in [1.165, 1.54) is 0 Å². The second-order valence-electron chi connectivity index (χ2n) is 8.62. The van der Waals surface area contributed by atoms with Crippen LogP contribution < -0.4 is 15.4 Å². The lowest BCUT2D eigenvalue weighted by molar-refractivity contribution is -0.143. The average molecular weight is 536 g/mol. The number of halogens is 1. The van der Waals surface area contributed by atoms with Gasteiger partial charge >= 0.3 is 12.0 Å². The predicted octanol–water partition coefficient (Wildman–Crippen LogP) is 7.07. The molecular weight excluding hydrogens is 506 g/mol. The monoisotopic (exact) mass is 535 g/mol. The highest BCUT2D eigenvalue weighted by Gasteiger charge is 2.14. The number of carbonyl (C=O) groups excluding carboxylic acids is 2. The van der Waals surface area contributed by atoms with Gasteiger partial charge in [-0.15, -0.1) is 0 Å². The Morgan fingerprint density at radius 2 is 1.71 bits per heavy atom. The Bertz CT molecular complexity index is 1400. The summed E-state index contributed by atoms with van der Waals surface area (Å²) in [5.41, 5.74) is 4.60. The molecule has 0 fully saturated rings. The fourth-order valence-electron chi connectivity index (χ4n) is 3.98. The van der Waals surface area contributed by atoms with Crippen molar-refractivity contribution >= 4 is 40.4 Å². The maximum atomic E-state index is 12.5. The minimum atomic E-state index is -0.351. The fourth-order valence-corrected chi connectivity index (χ4v) is 4.11. The van der Waals surface area contributed by atoms with Crippen LogP contribution in [0.3, 0.4) is 0 Å². The molecule has 0 radical (unpaired) electrons. The van der Waals surface area contributed by atoms with Gasteiger partial charge in [0.2, 0.25) is 5.89 Å². The van der Waals surface area contributed by atoms with Gasteiger partial charge in [-0.3, -0.25) is 4.79 Å². The van der Waals surface area contributed by atoms with Crippen LogP contribution in [0.4, 0.5) is 10.5 Å². The maximum Gasteiger partial charge on any atom is 0.319 e. The van der Waals surface area contributed by atoms with Crippen LogP contribution in [-0.4, -0.2) is 37.2 Å². The van der Waals surface area contributed by atoms with E-state index in [4.69, 9.17) is 25.5 Å². The zero-order valence-corrected chi connectivity index (χ0v) is 22.1. The first-order valence-corrected chi connectivity index (χ1v) is 12.9. The Hall–Kier alpha value is -4.04. The average Bonchev–Trinajstić information content (AvgIpc) is 3.35. The molecule has 9 heteroatoms. The third-order valence-corrected chi connectivity index (χ3v) is 6.16. The number of hydrogen-bond donors (Lipinski definition) is 2. The molecule has 0 bridgehead atoms. The van der Waals surface area contributed by atoms with Crippen molar-refractivity contribution in [1.29, 1.82) is 0 Å². The molecule has 198 valence electrons. The molecule has 4 rings (SSSR count). The smallest absolute Gasteiger partial charge is 0.319 e. The highest BCUT2D eigenvalue weighted by Crippen LogP contribution is 2.33. The molecule has 0 unspecified atom stereocenters. The molecule has 0 atom stereocenters. The molecule has 1 aromatic heterocycles. The van der Waals surface area contributed by atoms with Crippen molar-refractivity contribution in [1.82, 2.24) is 10.3 Å². The van der Waals surface area contributed by atoms with E-state index in [1.807, 2.05) is 48.5 Å². The van der Waals surface area contributed by atoms with Crippen LogP contribution in [0.2, 0.25) is 5.02 Å². The van der Waals surface area contributed by atoms with E-state index in [2.05, 4.69) is 15.6 Å². The molecule has 1 heterocycles. The summed E-state index contributed by atoms with van der Waals surface area (Å²) < 4.78 is 16.3. The van der Waals surface area contributed by atoms with E-state index in [9.17, 15) is 9.59 Å². The zero-order valence-electron chi connectivity index (χ0n) is 21.4. The number of nitrogens with zero attached hydrogens (tertiary/aromatic N) is 1. The van der Waals surface area contributed by atoms with Gasteiger partial charge in [0, 0.05) is 23.6 Å². The van der Waals surface area contributed by atoms with Crippen LogP contribution in [0, 0.1) is 0 Å². The summed E-state index contributed by atoms with van der Waals surface area (Å²) in [5, 5.41) is 6.35. The van der Waals surface area contributed by atoms with Gasteiger partial charge in [0.05, 0.1) is 19.4 Å². The van der Waals surface area contributed by atoms with Gasteiger partial charge < -0.3 is 24.5 Å². The molecular formula is C29H30ClN3O5. The van der Waals surface area contributed by atoms with Crippen LogP contribution in [-0.2, 0) is 9.53 Å². The van der Waals surface area contributed by atoms with E-state index < -0.39 is 0 Å². The molecule has 0 spiro atoms. The third kappa shape index (κ3) is 7.04. The van der Waals surface area contributed by atoms with Crippen molar-refractivity contribution in [3.05, 3.63) is 65.7 Å². The summed E-state index contributed by atoms with van der Waals surface area (Å²) in [6.07, 6.45) is 2.69. The highest BCUT2D eigenvalue weighted by atomic mass is 35.5. The van der Waals surface area contributed by atoms with Crippen LogP contribution in [0.15, 0.2) is 65.1 Å². The number of esters is 1. The summed E-state index contributed by atoms with van der Waals surface area (Å²) in [4.78, 5) is 28.5. The maximum absolute atomic E-state index is 12.5. The van der Waals surface area contributed by atoms with Gasteiger partial charge in [0.15, 0.2) is 5.58 Å². The summed E-state index contributed by atoms with van der Waals surface area (Å²) >= 11 is 6.01. The first-order chi connectivity index (χ1) is 18.5. The number of oxazole rings is 1. The number of unbranched alkanes of at least 4 members (excludes halogenated alkanes) is 2. The van der Waals surface area contributed by atoms with Crippen molar-refractivity contribution in [3.63, 3.8) is 0 Å². The van der Waals surface area contributed by atoms with Crippen LogP contribution in [0.25, 0.3) is 33.7 Å². The molecule has 0 saturated carbocycles. The van der Waals surface area contributed by atoms with Crippen molar-refractivity contribution in [2.75, 3.05) is 25.6 Å². The van der Waals surface area contributed by atoms with Crippen LogP contribution >= 0.6 is 11.6 Å². The van der Waals surface area contributed by atoms with Crippen molar-refractivity contribution < 1.29 is 23.5 Å². The number of ether oxygens (including phenoxy) is 2. The molecule has 3 aromatic carbocycles. The molecule has 4 aromatic rings. The van der Waals surface area contributed by atoms with E-state index in [0.717, 1.165) is 35.9 Å². The number of aromatic nitrogens is 1. The van der Waals surface area contributed by atoms with Crippen LogP contribution in [0.1, 0.15) is 32.6 Å². The number of carbonyl (C=O) groups is 2. The Labute approximate surface area is 226 Å². The number of anilines is 1. The molecule has 38 heavy (non-hydrogen) atoms. The first kappa shape index (κ1) is 27.0. The first-order valence-electron chi connectivity index (χ1n) is 12.5. The number of amides is 2. The van der Waals surface area contributed by atoms with Gasteiger partial charge in [-0.25, -0.2) is 9.78 Å². The number of fused-ring (bicyclic) bond motifs is 1. The standard InChI is InChI=1S/C29H30ClN3O5/c1-3-37-27(34)7-5-4-6-16-31-29(35)33-23-18-21(11-14-25(23)36-2)28-32-24-17-20(10-15-26(24)38-28)19-8-12-22(30)13-9-19/h8-15,17-18H,3-7,16H2,1-2H3,(H2,31,33,35). The van der Waals surface area contributed by atoms with Gasteiger partial charge in [-0.05, 0) is 73.4 Å². The number of nitrogens with one attached hydrogen (secondary N) is 2. The normalized spacial score (nSPS) is 10.8. The van der Waals surface area contributed by atoms with Gasteiger partial charge in [-0.2, -0.15) is 0 Å². The quantitative estimate of drug-likeness (QED) is 0.157. The molecule has 0 aliphatic carbocycles. The second kappa shape index (κ2) is 13.0. The second-order valence-corrected chi connectivity index (χ2v) is 9.06. The van der Waals surface area contributed by atoms with E-state index in [1.54, 1.807) is 26.2 Å². The minimum absolute atomic E-state index is 0.189. The number of urea groups is 1. The topological polar surface area (TPSA) is 103 Å². The molecule has 2 N–H and O–H groups in total. The van der Waals surface area contributed by atoms with E-state index >= 15 is 0 Å². The van der Waals surface area contributed by atoms with E-state index in [-0.39, 0.29) is 12.0 Å². The number of benzene rings is 3. The van der Waals surface area contributed by atoms with Gasteiger partial charge in [-0.1, -0.05) is 36.2 Å². The van der Waals surface area contributed by atoms with E-state index in [0.29, 0.717) is 53.1 Å². The zero-order chi connectivity index (χ0) is 26.9. The highest BCUT2D eigenvalue weighted by molar-refractivity contribution is 6.30. The lowest BCUT2D eigenvalue weighted by Crippen LogP contribution is -2.29. The van der Waals surface area contributed by atoms with Gasteiger partial charge in [0.1, 0.15) is 11.3 Å². The molecule has 0 saturated heterocycles. The Kier molecular flexibility index (Phi) is 9.21. The number of rotatable bonds is 11. The summed E-state index contributed by atoms with van der Waals surface area (Å²) in [5.74, 6) is 0.756. The summed E-state index contributed by atoms with van der Waals surface area (Å²) in [7, 11) is 1.54. The van der Waals surface area contributed by atoms with Gasteiger partial charge in [0.25, 0.3) is 0 Å². The summed E-state index contributed by atoms with van der Waals surface area (Å²) in [6.45, 7) is 2.66. The predicted molar refractivity (Wildman–Crippen MR) is 149 cm³/mol. The Balaban J connectivity index is 1.40. The number of hydrogen-bond acceptors (Lipinski definition) is 6. The van der Waals surface area contributed by atoms with Crippen LogP contribution in [0.5, 0.6) is 5.75 Å². The third-order valence-electron chi connectivity index (χ3n) is 5.91. The lowest BCUT2D eigenvalue weighted by Gasteiger charge is -2.12. The van der Waals surface area contributed by atoms with Crippen molar-refractivity contribution in [2.45, 2.75) is 32.6 Å². The Morgan fingerprint density at radius 1 is 0.947 bits per heavy atom. The molecule has 2 amide bonds. The number of methoxy groups -OCH3 is 1. The molecule has 8 nitrogen and oxygen atoms in total. The molecule has 0 aliphatic rings. The fraction of sp³-hybridized carbons (Fsp3) is 0.276. The minimum Gasteiger partial charge on any atom is -0.495 e. The van der Waals surface area contributed by atoms with Crippen molar-refractivity contribution in [3.8, 4) is 28.3 Å². The Morgan fingerprint density at radius 3 is 2.47 bits per heavy atom. The SMILES string of the molecule is CCOC(=O)CCCCCNC(=O)Nc1cc(-c2nc3cc(-c4ccc(Cl)cc4)ccc3o2)ccc1OC. The summed E-state index contributed by atoms with van der Waals surface area (Å²) in [6, 6.07) is 18.5. The molecule has 0 aliphatic heterocycles. The lowest BCUT2D eigenvalue weighted by atomic mass is 10.1. The van der Waals surface area contributed by atoms with Crippen molar-refractivity contribution in [2.24, 2.45) is 0 Å².